The molecule has 1 atom stereocenters. The highest BCUT2D eigenvalue weighted by atomic mass is 16.2. The van der Waals surface area contributed by atoms with Crippen molar-refractivity contribution in [1.82, 2.24) is 10.2 Å². The number of nitrogens with one attached hydrogen (secondary N) is 1. The zero-order valence-corrected chi connectivity index (χ0v) is 11.9. The fraction of sp³-hybridized carbons (Fsp3) is 0.786. The first-order valence-electron chi connectivity index (χ1n) is 6.93. The van der Waals surface area contributed by atoms with Crippen LogP contribution < -0.4 is 11.1 Å². The molecule has 1 aliphatic heterocycles. The van der Waals surface area contributed by atoms with E-state index in [1.807, 2.05) is 0 Å². The third-order valence-corrected chi connectivity index (χ3v) is 3.48. The smallest absolute Gasteiger partial charge is 0.314 e. The molecule has 0 bridgehead atoms. The number of carbonyl (C=O) groups excluding carboxylic acids is 1. The lowest BCUT2D eigenvalue weighted by atomic mass is 10.0. The first-order chi connectivity index (χ1) is 8.49. The monoisotopic (exact) mass is 253 g/mol. The molecule has 0 saturated carbocycles. The van der Waals surface area contributed by atoms with Crippen molar-refractivity contribution in [2.24, 2.45) is 5.73 Å². The molecular formula is C14H27N3O. The van der Waals surface area contributed by atoms with Crippen LogP contribution in [0.1, 0.15) is 46.5 Å². The summed E-state index contributed by atoms with van der Waals surface area (Å²) in [5, 5.41) is 3.64. The van der Waals surface area contributed by atoms with E-state index >= 15 is 0 Å². The summed E-state index contributed by atoms with van der Waals surface area (Å²) in [5.41, 5.74) is 6.65. The SMILES string of the molecule is CC(C)=CCCC(C)NC1CCN(C(N)=O)CC1. The average molecular weight is 253 g/mol. The number of primary amides is 1. The Balaban J connectivity index is 2.20. The normalized spacial score (nSPS) is 18.5. The number of urea groups is 1. The second-order valence-corrected chi connectivity index (χ2v) is 5.53. The first kappa shape index (κ1) is 15.0. The summed E-state index contributed by atoms with van der Waals surface area (Å²) in [6, 6.07) is 0.776. The molecule has 3 N–H and O–H groups in total. The van der Waals surface area contributed by atoms with Crippen molar-refractivity contribution in [3.05, 3.63) is 11.6 Å². The molecule has 4 nitrogen and oxygen atoms in total. The molecule has 0 aliphatic carbocycles. The average Bonchev–Trinajstić information content (AvgIpc) is 2.29. The number of allylic oxidation sites excluding steroid dienone is 2. The van der Waals surface area contributed by atoms with Crippen LogP contribution in [0.3, 0.4) is 0 Å². The Morgan fingerprint density at radius 1 is 1.44 bits per heavy atom. The van der Waals surface area contributed by atoms with Crippen molar-refractivity contribution in [2.45, 2.75) is 58.5 Å². The number of carbonyl (C=O) groups is 1. The fourth-order valence-corrected chi connectivity index (χ4v) is 2.37. The Labute approximate surface area is 111 Å². The highest BCUT2D eigenvalue weighted by Gasteiger charge is 2.21. The Kier molecular flexibility index (Phi) is 6.19. The van der Waals surface area contributed by atoms with E-state index in [9.17, 15) is 4.79 Å². The summed E-state index contributed by atoms with van der Waals surface area (Å²) < 4.78 is 0. The Hall–Kier alpha value is -1.03. The van der Waals surface area contributed by atoms with Crippen molar-refractivity contribution in [3.63, 3.8) is 0 Å². The molecule has 18 heavy (non-hydrogen) atoms. The third-order valence-electron chi connectivity index (χ3n) is 3.48. The molecule has 0 aromatic carbocycles. The van der Waals surface area contributed by atoms with Gasteiger partial charge in [-0.15, -0.1) is 0 Å². The van der Waals surface area contributed by atoms with Gasteiger partial charge in [-0.25, -0.2) is 4.79 Å². The van der Waals surface area contributed by atoms with Gasteiger partial charge in [0.05, 0.1) is 0 Å². The van der Waals surface area contributed by atoms with Gasteiger partial charge in [0.25, 0.3) is 0 Å². The van der Waals surface area contributed by atoms with Crippen LogP contribution in [0.25, 0.3) is 0 Å². The number of rotatable bonds is 5. The maximum Gasteiger partial charge on any atom is 0.314 e. The van der Waals surface area contributed by atoms with Crippen molar-refractivity contribution < 1.29 is 4.79 Å². The van der Waals surface area contributed by atoms with Gasteiger partial charge in [0, 0.05) is 25.2 Å². The molecule has 1 aliphatic rings. The standard InChI is InChI=1S/C14H27N3O/c1-11(2)5-4-6-12(3)16-13-7-9-17(10-8-13)14(15)18/h5,12-13,16H,4,6-10H2,1-3H3,(H2,15,18). The van der Waals surface area contributed by atoms with E-state index < -0.39 is 0 Å². The van der Waals surface area contributed by atoms with Gasteiger partial charge in [0.15, 0.2) is 0 Å². The number of hydrogen-bond acceptors (Lipinski definition) is 2. The zero-order chi connectivity index (χ0) is 13.5. The molecular weight excluding hydrogens is 226 g/mol. The van der Waals surface area contributed by atoms with Gasteiger partial charge < -0.3 is 16.0 Å². The van der Waals surface area contributed by atoms with E-state index in [1.165, 1.54) is 12.0 Å². The highest BCUT2D eigenvalue weighted by Crippen LogP contribution is 2.12. The van der Waals surface area contributed by atoms with Crippen molar-refractivity contribution in [3.8, 4) is 0 Å². The predicted octanol–water partition coefficient (Wildman–Crippen LogP) is 2.25. The number of hydrogen-bond donors (Lipinski definition) is 2. The molecule has 0 spiro atoms. The lowest BCUT2D eigenvalue weighted by molar-refractivity contribution is 0.182. The quantitative estimate of drug-likeness (QED) is 0.738. The van der Waals surface area contributed by atoms with Gasteiger partial charge in [0.1, 0.15) is 0 Å². The minimum Gasteiger partial charge on any atom is -0.351 e. The molecule has 2 amide bonds. The molecule has 1 rings (SSSR count). The third kappa shape index (κ3) is 5.54. The second-order valence-electron chi connectivity index (χ2n) is 5.53. The summed E-state index contributed by atoms with van der Waals surface area (Å²) in [6.07, 6.45) is 6.61. The molecule has 104 valence electrons. The summed E-state index contributed by atoms with van der Waals surface area (Å²) in [4.78, 5) is 12.7. The maximum absolute atomic E-state index is 11.0. The van der Waals surface area contributed by atoms with E-state index in [4.69, 9.17) is 5.73 Å². The van der Waals surface area contributed by atoms with E-state index in [2.05, 4.69) is 32.2 Å². The van der Waals surface area contributed by atoms with Gasteiger partial charge >= 0.3 is 6.03 Å². The molecule has 4 heteroatoms. The number of likely N-dealkylation sites (tertiary alicyclic amines) is 1. The summed E-state index contributed by atoms with van der Waals surface area (Å²) in [5.74, 6) is 0. The Morgan fingerprint density at radius 3 is 2.56 bits per heavy atom. The van der Waals surface area contributed by atoms with Gasteiger partial charge in [-0.05, 0) is 46.5 Å². The molecule has 1 unspecified atom stereocenters. The number of nitrogens with zero attached hydrogens (tertiary/aromatic N) is 1. The van der Waals surface area contributed by atoms with Gasteiger partial charge in [-0.3, -0.25) is 0 Å². The molecule has 0 radical (unpaired) electrons. The van der Waals surface area contributed by atoms with Crippen LogP contribution in [0.5, 0.6) is 0 Å². The number of piperidine rings is 1. The molecule has 1 saturated heterocycles. The molecule has 1 heterocycles. The van der Waals surface area contributed by atoms with E-state index in [0.717, 1.165) is 32.4 Å². The lowest BCUT2D eigenvalue weighted by Gasteiger charge is -2.33. The predicted molar refractivity (Wildman–Crippen MR) is 75.4 cm³/mol. The van der Waals surface area contributed by atoms with Crippen molar-refractivity contribution in [1.29, 1.82) is 0 Å². The van der Waals surface area contributed by atoms with E-state index in [-0.39, 0.29) is 6.03 Å². The Bertz CT molecular complexity index is 289. The topological polar surface area (TPSA) is 58.4 Å². The summed E-state index contributed by atoms with van der Waals surface area (Å²) in [6.45, 7) is 8.08. The van der Waals surface area contributed by atoms with E-state index in [0.29, 0.717) is 12.1 Å². The second kappa shape index (κ2) is 7.41. The molecule has 1 fully saturated rings. The van der Waals surface area contributed by atoms with Crippen LogP contribution in [0.2, 0.25) is 0 Å². The van der Waals surface area contributed by atoms with Crippen molar-refractivity contribution in [2.75, 3.05) is 13.1 Å². The van der Waals surface area contributed by atoms with Gasteiger partial charge in [0.2, 0.25) is 0 Å². The van der Waals surface area contributed by atoms with Crippen LogP contribution in [0.4, 0.5) is 4.79 Å². The number of nitrogens with two attached hydrogens (primary N) is 1. The van der Waals surface area contributed by atoms with Crippen LogP contribution >= 0.6 is 0 Å². The minimum atomic E-state index is -0.287. The van der Waals surface area contributed by atoms with Crippen LogP contribution in [-0.4, -0.2) is 36.1 Å². The van der Waals surface area contributed by atoms with Gasteiger partial charge in [-0.1, -0.05) is 11.6 Å². The number of amides is 2. The fourth-order valence-electron chi connectivity index (χ4n) is 2.37. The maximum atomic E-state index is 11.0. The van der Waals surface area contributed by atoms with Gasteiger partial charge in [-0.2, -0.15) is 0 Å². The van der Waals surface area contributed by atoms with Crippen molar-refractivity contribution >= 4 is 6.03 Å². The summed E-state index contributed by atoms with van der Waals surface area (Å²) in [7, 11) is 0. The van der Waals surface area contributed by atoms with Crippen LogP contribution in [0.15, 0.2) is 11.6 Å². The minimum absolute atomic E-state index is 0.287. The molecule has 0 aromatic rings. The first-order valence-corrected chi connectivity index (χ1v) is 6.93. The summed E-state index contributed by atoms with van der Waals surface area (Å²) >= 11 is 0. The highest BCUT2D eigenvalue weighted by molar-refractivity contribution is 5.72. The van der Waals surface area contributed by atoms with Crippen LogP contribution in [-0.2, 0) is 0 Å². The van der Waals surface area contributed by atoms with E-state index in [1.54, 1.807) is 4.90 Å². The molecule has 0 aromatic heterocycles. The Morgan fingerprint density at radius 2 is 2.06 bits per heavy atom. The zero-order valence-electron chi connectivity index (χ0n) is 11.9. The lowest BCUT2D eigenvalue weighted by Crippen LogP contribution is -2.48. The van der Waals surface area contributed by atoms with Crippen LogP contribution in [0, 0.1) is 0 Å². The largest absolute Gasteiger partial charge is 0.351 e.